The Morgan fingerprint density at radius 3 is 2.35 bits per heavy atom. The van der Waals surface area contributed by atoms with Gasteiger partial charge < -0.3 is 15.0 Å². The molecule has 0 heterocycles. The monoisotopic (exact) mass is 605 g/mol. The Bertz CT molecular complexity index is 1450. The molecule has 0 unspecified atom stereocenters. The number of rotatable bonds is 12. The lowest BCUT2D eigenvalue weighted by Gasteiger charge is -2.32. The SMILES string of the molecule is CCCNC(=O)[C@@H](C)N(Cc1cccc(OC)c1)C(=O)CN(c1cccc(Cl)c1Cl)S(=O)(=O)c1ccc(C)cc1. The molecule has 0 aliphatic rings. The van der Waals surface area contributed by atoms with Gasteiger partial charge in [0.05, 0.1) is 27.7 Å². The topological polar surface area (TPSA) is 96.0 Å². The number of carbonyl (C=O) groups is 2. The molecule has 1 N–H and O–H groups in total. The third-order valence-corrected chi connectivity index (χ3v) is 8.87. The van der Waals surface area contributed by atoms with Crippen LogP contribution < -0.4 is 14.4 Å². The van der Waals surface area contributed by atoms with Crippen LogP contribution in [-0.2, 0) is 26.2 Å². The number of nitrogens with one attached hydrogen (secondary N) is 1. The molecule has 0 fully saturated rings. The first-order chi connectivity index (χ1) is 19.0. The summed E-state index contributed by atoms with van der Waals surface area (Å²) in [5.74, 6) is -0.372. The number of halogens is 2. The van der Waals surface area contributed by atoms with E-state index in [1.165, 1.54) is 36.3 Å². The standard InChI is InChI=1S/C29H33Cl2N3O5S/c1-5-16-32-29(36)21(3)33(18-22-8-6-9-23(17-22)39-4)27(35)19-34(26-11-7-10-25(30)28(26)31)40(37,38)24-14-12-20(2)13-15-24/h6-15,17,21H,5,16,18-19H2,1-4H3,(H,32,36)/t21-/m1/s1. The van der Waals surface area contributed by atoms with Crippen molar-refractivity contribution in [3.63, 3.8) is 0 Å². The van der Waals surface area contributed by atoms with E-state index in [2.05, 4.69) is 5.32 Å². The third-order valence-electron chi connectivity index (χ3n) is 6.29. The Morgan fingerprint density at radius 1 is 1.02 bits per heavy atom. The molecule has 3 rings (SSSR count). The number of ether oxygens (including phenoxy) is 1. The van der Waals surface area contributed by atoms with Gasteiger partial charge in [-0.05, 0) is 62.2 Å². The summed E-state index contributed by atoms with van der Waals surface area (Å²) in [5.41, 5.74) is 1.63. The van der Waals surface area contributed by atoms with Gasteiger partial charge in [0.15, 0.2) is 0 Å². The van der Waals surface area contributed by atoms with E-state index in [0.29, 0.717) is 17.9 Å². The van der Waals surface area contributed by atoms with E-state index in [1.54, 1.807) is 49.4 Å². The van der Waals surface area contributed by atoms with Gasteiger partial charge in [-0.2, -0.15) is 0 Å². The number of sulfonamides is 1. The van der Waals surface area contributed by atoms with Crippen LogP contribution in [-0.4, -0.2) is 51.4 Å². The van der Waals surface area contributed by atoms with Crippen molar-refractivity contribution < 1.29 is 22.7 Å². The minimum absolute atomic E-state index is 0.0132. The molecule has 0 spiro atoms. The number of benzene rings is 3. The Morgan fingerprint density at radius 2 is 1.70 bits per heavy atom. The van der Waals surface area contributed by atoms with Crippen LogP contribution in [0.1, 0.15) is 31.4 Å². The highest BCUT2D eigenvalue weighted by molar-refractivity contribution is 7.92. The molecule has 0 radical (unpaired) electrons. The molecule has 2 amide bonds. The lowest BCUT2D eigenvalue weighted by molar-refractivity contribution is -0.139. The first kappa shape index (κ1) is 31.3. The molecular weight excluding hydrogens is 573 g/mol. The Kier molecular flexibility index (Phi) is 10.8. The molecule has 0 saturated carbocycles. The number of hydrogen-bond acceptors (Lipinski definition) is 5. The zero-order valence-corrected chi connectivity index (χ0v) is 25.2. The molecule has 0 aromatic heterocycles. The fourth-order valence-electron chi connectivity index (χ4n) is 3.98. The normalized spacial score (nSPS) is 11.9. The van der Waals surface area contributed by atoms with E-state index in [9.17, 15) is 18.0 Å². The molecule has 3 aromatic rings. The van der Waals surface area contributed by atoms with Crippen LogP contribution in [0.2, 0.25) is 10.0 Å². The van der Waals surface area contributed by atoms with Crippen LogP contribution in [0.3, 0.4) is 0 Å². The Balaban J connectivity index is 2.07. The van der Waals surface area contributed by atoms with E-state index in [4.69, 9.17) is 27.9 Å². The summed E-state index contributed by atoms with van der Waals surface area (Å²) < 4.78 is 34.1. The minimum Gasteiger partial charge on any atom is -0.497 e. The minimum atomic E-state index is -4.26. The number of aryl methyl sites for hydroxylation is 1. The maximum atomic E-state index is 14.0. The van der Waals surface area contributed by atoms with Crippen molar-refractivity contribution in [2.24, 2.45) is 0 Å². The van der Waals surface area contributed by atoms with Crippen molar-refractivity contribution in [1.29, 1.82) is 0 Å². The van der Waals surface area contributed by atoms with Crippen molar-refractivity contribution in [2.75, 3.05) is 24.5 Å². The summed E-state index contributed by atoms with van der Waals surface area (Å²) in [7, 11) is -2.73. The van der Waals surface area contributed by atoms with Gasteiger partial charge in [0.25, 0.3) is 10.0 Å². The molecule has 0 aliphatic heterocycles. The van der Waals surface area contributed by atoms with Gasteiger partial charge in [-0.25, -0.2) is 8.42 Å². The number of anilines is 1. The third kappa shape index (κ3) is 7.47. The van der Waals surface area contributed by atoms with Crippen LogP contribution in [0.15, 0.2) is 71.6 Å². The van der Waals surface area contributed by atoms with Crippen LogP contribution in [0, 0.1) is 6.92 Å². The number of methoxy groups -OCH3 is 1. The van der Waals surface area contributed by atoms with E-state index >= 15 is 0 Å². The summed E-state index contributed by atoms with van der Waals surface area (Å²) in [6.45, 7) is 5.23. The van der Waals surface area contributed by atoms with E-state index in [0.717, 1.165) is 16.3 Å². The maximum absolute atomic E-state index is 14.0. The van der Waals surface area contributed by atoms with Gasteiger partial charge in [-0.3, -0.25) is 13.9 Å². The predicted octanol–water partition coefficient (Wildman–Crippen LogP) is 5.45. The number of nitrogens with zero attached hydrogens (tertiary/aromatic N) is 2. The highest BCUT2D eigenvalue weighted by Gasteiger charge is 2.33. The second-order valence-corrected chi connectivity index (χ2v) is 11.9. The molecule has 0 aliphatic carbocycles. The van der Waals surface area contributed by atoms with E-state index in [-0.39, 0.29) is 33.1 Å². The molecule has 40 heavy (non-hydrogen) atoms. The number of hydrogen-bond donors (Lipinski definition) is 1. The molecule has 0 bridgehead atoms. The fraction of sp³-hybridized carbons (Fsp3) is 0.310. The Labute approximate surface area is 245 Å². The summed E-state index contributed by atoms with van der Waals surface area (Å²) in [6.07, 6.45) is 0.720. The average Bonchev–Trinajstić information content (AvgIpc) is 2.94. The lowest BCUT2D eigenvalue weighted by Crippen LogP contribution is -2.51. The Hall–Kier alpha value is -3.27. The van der Waals surface area contributed by atoms with E-state index in [1.807, 2.05) is 13.8 Å². The number of amides is 2. The second-order valence-electron chi connectivity index (χ2n) is 9.24. The second kappa shape index (κ2) is 13.9. The zero-order valence-electron chi connectivity index (χ0n) is 22.9. The maximum Gasteiger partial charge on any atom is 0.264 e. The molecule has 11 heteroatoms. The number of carbonyl (C=O) groups excluding carboxylic acids is 2. The summed E-state index contributed by atoms with van der Waals surface area (Å²) in [6, 6.07) is 17.0. The van der Waals surface area contributed by atoms with Gasteiger partial charge in [-0.15, -0.1) is 0 Å². The van der Waals surface area contributed by atoms with Crippen molar-refractivity contribution in [2.45, 2.75) is 44.7 Å². The van der Waals surface area contributed by atoms with Gasteiger partial charge in [-0.1, -0.05) is 66.0 Å². The quantitative estimate of drug-likeness (QED) is 0.296. The summed E-state index contributed by atoms with van der Waals surface area (Å²) >= 11 is 12.7. The zero-order chi connectivity index (χ0) is 29.4. The highest BCUT2D eigenvalue weighted by atomic mass is 35.5. The van der Waals surface area contributed by atoms with Crippen LogP contribution in [0.25, 0.3) is 0 Å². The fourth-order valence-corrected chi connectivity index (χ4v) is 5.86. The smallest absolute Gasteiger partial charge is 0.264 e. The molecule has 8 nitrogen and oxygen atoms in total. The van der Waals surface area contributed by atoms with Gasteiger partial charge in [0.2, 0.25) is 11.8 Å². The van der Waals surface area contributed by atoms with Gasteiger partial charge in [0.1, 0.15) is 18.3 Å². The largest absolute Gasteiger partial charge is 0.497 e. The van der Waals surface area contributed by atoms with Crippen molar-refractivity contribution in [3.8, 4) is 5.75 Å². The summed E-state index contributed by atoms with van der Waals surface area (Å²) in [4.78, 5) is 28.3. The van der Waals surface area contributed by atoms with Crippen LogP contribution in [0.5, 0.6) is 5.75 Å². The van der Waals surface area contributed by atoms with Gasteiger partial charge in [0, 0.05) is 13.1 Å². The van der Waals surface area contributed by atoms with Crippen molar-refractivity contribution >= 4 is 50.7 Å². The van der Waals surface area contributed by atoms with Crippen LogP contribution >= 0.6 is 23.2 Å². The van der Waals surface area contributed by atoms with Crippen molar-refractivity contribution in [1.82, 2.24) is 10.2 Å². The lowest BCUT2D eigenvalue weighted by atomic mass is 10.1. The van der Waals surface area contributed by atoms with Crippen molar-refractivity contribution in [3.05, 3.63) is 87.9 Å². The molecular formula is C29H33Cl2N3O5S. The first-order valence-electron chi connectivity index (χ1n) is 12.7. The summed E-state index contributed by atoms with van der Waals surface area (Å²) in [5, 5.41) is 2.93. The molecule has 3 aromatic carbocycles. The van der Waals surface area contributed by atoms with Crippen LogP contribution in [0.4, 0.5) is 5.69 Å². The van der Waals surface area contributed by atoms with Gasteiger partial charge >= 0.3 is 0 Å². The predicted molar refractivity (Wildman–Crippen MR) is 158 cm³/mol. The highest BCUT2D eigenvalue weighted by Crippen LogP contribution is 2.35. The molecule has 214 valence electrons. The molecule has 1 atom stereocenters. The first-order valence-corrected chi connectivity index (χ1v) is 14.9. The molecule has 0 saturated heterocycles. The van der Waals surface area contributed by atoms with E-state index < -0.39 is 28.5 Å². The average molecular weight is 607 g/mol.